The lowest BCUT2D eigenvalue weighted by atomic mass is 10.3. The predicted molar refractivity (Wildman–Crippen MR) is 97.4 cm³/mol. The first kappa shape index (κ1) is 23.3. The van der Waals surface area contributed by atoms with Gasteiger partial charge in [0, 0.05) is 46.2 Å². The lowest BCUT2D eigenvalue weighted by molar-refractivity contribution is -0.192. The van der Waals surface area contributed by atoms with Crippen molar-refractivity contribution >= 4 is 11.9 Å². The fourth-order valence-corrected chi connectivity index (χ4v) is 2.67. The summed E-state index contributed by atoms with van der Waals surface area (Å²) < 4.78 is 40.6. The van der Waals surface area contributed by atoms with E-state index in [9.17, 15) is 18.0 Å². The maximum absolute atomic E-state index is 12.0. The summed E-state index contributed by atoms with van der Waals surface area (Å²) in [6.07, 6.45) is 0.189. The first-order chi connectivity index (χ1) is 14.1. The minimum absolute atomic E-state index is 0.134. The molecule has 10 nitrogen and oxygen atoms in total. The van der Waals surface area contributed by atoms with Gasteiger partial charge in [-0.15, -0.1) is 0 Å². The van der Waals surface area contributed by atoms with Crippen molar-refractivity contribution in [3.05, 3.63) is 35.7 Å². The molecule has 0 spiro atoms. The summed E-state index contributed by atoms with van der Waals surface area (Å²) in [6.45, 7) is 4.80. The zero-order valence-corrected chi connectivity index (χ0v) is 16.5. The Hall–Kier alpha value is -2.93. The molecule has 166 valence electrons. The molecule has 30 heavy (non-hydrogen) atoms. The number of alkyl halides is 3. The zero-order chi connectivity index (χ0) is 22.3. The average molecular weight is 432 g/mol. The minimum Gasteiger partial charge on any atom is -0.475 e. The van der Waals surface area contributed by atoms with E-state index in [0.717, 1.165) is 44.3 Å². The van der Waals surface area contributed by atoms with Crippen LogP contribution < -0.4 is 5.32 Å². The molecule has 2 aromatic rings. The second kappa shape index (κ2) is 10.2. The van der Waals surface area contributed by atoms with Gasteiger partial charge in [0.1, 0.15) is 5.82 Å². The fraction of sp³-hybridized carbons (Fsp3) is 0.529. The Morgan fingerprint density at radius 1 is 1.30 bits per heavy atom. The highest BCUT2D eigenvalue weighted by molar-refractivity contribution is 5.93. The van der Waals surface area contributed by atoms with E-state index in [1.165, 1.54) is 0 Å². The van der Waals surface area contributed by atoms with Crippen LogP contribution in [-0.4, -0.2) is 74.2 Å². The summed E-state index contributed by atoms with van der Waals surface area (Å²) in [4.78, 5) is 27.9. The van der Waals surface area contributed by atoms with Crippen LogP contribution in [0.2, 0.25) is 0 Å². The van der Waals surface area contributed by atoms with Crippen molar-refractivity contribution in [2.24, 2.45) is 7.05 Å². The largest absolute Gasteiger partial charge is 0.490 e. The first-order valence-corrected chi connectivity index (χ1v) is 8.93. The quantitative estimate of drug-likeness (QED) is 0.689. The van der Waals surface area contributed by atoms with Gasteiger partial charge in [0.2, 0.25) is 0 Å². The average Bonchev–Trinajstić information content (AvgIpc) is 3.29. The Labute approximate surface area is 170 Å². The number of amides is 1. The van der Waals surface area contributed by atoms with Crippen LogP contribution in [-0.2, 0) is 36.2 Å². The molecule has 1 amide bonds. The van der Waals surface area contributed by atoms with Gasteiger partial charge in [-0.25, -0.2) is 9.78 Å². The SMILES string of the molecule is COCCN1CCn2cc(CNC(=O)c3cnn(C)c3)nc2C1.O=C(O)C(F)(F)F. The molecule has 3 heterocycles. The van der Waals surface area contributed by atoms with Crippen LogP contribution in [0.5, 0.6) is 0 Å². The van der Waals surface area contributed by atoms with Crippen molar-refractivity contribution in [2.45, 2.75) is 25.8 Å². The third-order valence-electron chi connectivity index (χ3n) is 4.18. The number of aryl methyl sites for hydroxylation is 1. The molecule has 0 unspecified atom stereocenters. The van der Waals surface area contributed by atoms with Gasteiger partial charge in [-0.2, -0.15) is 18.3 Å². The Balaban J connectivity index is 0.000000396. The number of rotatable bonds is 6. The summed E-state index contributed by atoms with van der Waals surface area (Å²) in [5, 5.41) is 14.0. The maximum atomic E-state index is 12.0. The third-order valence-corrected chi connectivity index (χ3v) is 4.18. The van der Waals surface area contributed by atoms with E-state index < -0.39 is 12.1 Å². The number of halogens is 3. The van der Waals surface area contributed by atoms with Crippen LogP contribution in [0.1, 0.15) is 21.9 Å². The molecule has 2 aromatic heterocycles. The van der Waals surface area contributed by atoms with E-state index >= 15 is 0 Å². The number of carbonyl (C=O) groups is 2. The molecular weight excluding hydrogens is 409 g/mol. The van der Waals surface area contributed by atoms with Crippen molar-refractivity contribution in [2.75, 3.05) is 26.8 Å². The van der Waals surface area contributed by atoms with Crippen LogP contribution in [0.4, 0.5) is 13.2 Å². The Bertz CT molecular complexity index is 864. The minimum atomic E-state index is -5.08. The van der Waals surface area contributed by atoms with Crippen LogP contribution in [0.25, 0.3) is 0 Å². The molecule has 0 aliphatic carbocycles. The molecule has 0 fully saturated rings. The number of carboxylic acid groups (broad SMARTS) is 1. The highest BCUT2D eigenvalue weighted by Gasteiger charge is 2.38. The summed E-state index contributed by atoms with van der Waals surface area (Å²) in [5.41, 5.74) is 1.44. The number of aliphatic carboxylic acids is 1. The molecule has 2 N–H and O–H groups in total. The number of nitrogens with zero attached hydrogens (tertiary/aromatic N) is 5. The van der Waals surface area contributed by atoms with Crippen molar-refractivity contribution in [1.29, 1.82) is 0 Å². The molecule has 0 bridgehead atoms. The van der Waals surface area contributed by atoms with Crippen LogP contribution >= 0.6 is 0 Å². The number of hydrogen-bond donors (Lipinski definition) is 2. The van der Waals surface area contributed by atoms with Gasteiger partial charge in [0.25, 0.3) is 5.91 Å². The van der Waals surface area contributed by atoms with Crippen LogP contribution in [0.3, 0.4) is 0 Å². The molecular formula is C17H23F3N6O4. The van der Waals surface area contributed by atoms with E-state index in [1.807, 2.05) is 6.20 Å². The van der Waals surface area contributed by atoms with E-state index in [2.05, 4.69) is 24.9 Å². The number of ether oxygens (including phenoxy) is 1. The van der Waals surface area contributed by atoms with E-state index in [0.29, 0.717) is 12.1 Å². The smallest absolute Gasteiger partial charge is 0.475 e. The summed E-state index contributed by atoms with van der Waals surface area (Å²) in [6, 6.07) is 0. The summed E-state index contributed by atoms with van der Waals surface area (Å²) in [5.74, 6) is -1.85. The van der Waals surface area contributed by atoms with Crippen LogP contribution in [0.15, 0.2) is 18.6 Å². The van der Waals surface area contributed by atoms with Gasteiger partial charge >= 0.3 is 12.1 Å². The van der Waals surface area contributed by atoms with E-state index in [1.54, 1.807) is 31.2 Å². The molecule has 0 saturated carbocycles. The van der Waals surface area contributed by atoms with Gasteiger partial charge in [-0.05, 0) is 0 Å². The lowest BCUT2D eigenvalue weighted by Crippen LogP contribution is -2.35. The van der Waals surface area contributed by atoms with Crippen LogP contribution in [0, 0.1) is 0 Å². The molecule has 1 aliphatic heterocycles. The maximum Gasteiger partial charge on any atom is 0.490 e. The standard InChI is InChI=1S/C15H22N6O2.C2HF3O2/c1-19-9-12(7-17-19)15(22)16-8-13-10-21-4-3-20(5-6-23-2)11-14(21)18-13;3-2(4,5)1(6)7/h7,9-10H,3-6,8,11H2,1-2H3,(H,16,22);(H,6,7). The highest BCUT2D eigenvalue weighted by atomic mass is 19.4. The van der Waals surface area contributed by atoms with Gasteiger partial charge in [-0.3, -0.25) is 14.4 Å². The Morgan fingerprint density at radius 3 is 2.57 bits per heavy atom. The lowest BCUT2D eigenvalue weighted by Gasteiger charge is -2.26. The number of hydrogen-bond acceptors (Lipinski definition) is 6. The van der Waals surface area contributed by atoms with Crippen molar-refractivity contribution in [3.8, 4) is 0 Å². The Morgan fingerprint density at radius 2 is 2.00 bits per heavy atom. The molecule has 13 heteroatoms. The summed E-state index contributed by atoms with van der Waals surface area (Å²) in [7, 11) is 3.50. The third kappa shape index (κ3) is 6.84. The number of nitrogens with one attached hydrogen (secondary N) is 1. The van der Waals surface area contributed by atoms with Crippen molar-refractivity contribution in [1.82, 2.24) is 29.5 Å². The van der Waals surface area contributed by atoms with Gasteiger partial charge in [0.15, 0.2) is 0 Å². The number of methoxy groups -OCH3 is 1. The van der Waals surface area contributed by atoms with E-state index in [-0.39, 0.29) is 5.91 Å². The zero-order valence-electron chi connectivity index (χ0n) is 16.5. The molecule has 0 aromatic carbocycles. The fourth-order valence-electron chi connectivity index (χ4n) is 2.67. The normalized spacial score (nSPS) is 13.9. The monoisotopic (exact) mass is 432 g/mol. The molecule has 1 aliphatic rings. The van der Waals surface area contributed by atoms with Gasteiger partial charge < -0.3 is 19.7 Å². The molecule has 0 saturated heterocycles. The number of carboxylic acids is 1. The number of aromatic nitrogens is 4. The van der Waals surface area contributed by atoms with Gasteiger partial charge in [0.05, 0.1) is 37.2 Å². The van der Waals surface area contributed by atoms with Crippen molar-refractivity contribution in [3.63, 3.8) is 0 Å². The Kier molecular flexibility index (Phi) is 7.94. The van der Waals surface area contributed by atoms with Crippen molar-refractivity contribution < 1.29 is 32.6 Å². The molecule has 0 radical (unpaired) electrons. The highest BCUT2D eigenvalue weighted by Crippen LogP contribution is 2.13. The molecule has 0 atom stereocenters. The number of imidazole rings is 1. The molecule has 3 rings (SSSR count). The second-order valence-electron chi connectivity index (χ2n) is 6.50. The topological polar surface area (TPSA) is 115 Å². The predicted octanol–water partition coefficient (Wildman–Crippen LogP) is 0.642. The van der Waals surface area contributed by atoms with E-state index in [4.69, 9.17) is 14.6 Å². The second-order valence-corrected chi connectivity index (χ2v) is 6.50. The number of carbonyl (C=O) groups excluding carboxylic acids is 1. The summed E-state index contributed by atoms with van der Waals surface area (Å²) >= 11 is 0. The van der Waals surface area contributed by atoms with Gasteiger partial charge in [-0.1, -0.05) is 0 Å². The first-order valence-electron chi connectivity index (χ1n) is 8.93. The number of fused-ring (bicyclic) bond motifs is 1.